The summed E-state index contributed by atoms with van der Waals surface area (Å²) < 4.78 is 7.45. The largest absolute Gasteiger partial charge is 0.377 e. The second-order valence-electron chi connectivity index (χ2n) is 4.60. The Morgan fingerprint density at radius 2 is 2.41 bits per heavy atom. The topological polar surface area (TPSA) is 53.1 Å². The number of nitrogens with zero attached hydrogens (tertiary/aromatic N) is 2. The van der Waals surface area contributed by atoms with Gasteiger partial charge in [-0.15, -0.1) is 0 Å². The van der Waals surface area contributed by atoms with E-state index >= 15 is 0 Å². The molecule has 2 heterocycles. The van der Waals surface area contributed by atoms with E-state index in [2.05, 4.69) is 12.0 Å². The van der Waals surface area contributed by atoms with Gasteiger partial charge in [-0.3, -0.25) is 4.68 Å². The van der Waals surface area contributed by atoms with Gasteiger partial charge in [-0.2, -0.15) is 5.10 Å². The molecule has 1 aliphatic heterocycles. The van der Waals surface area contributed by atoms with Gasteiger partial charge in [0.25, 0.3) is 0 Å². The van der Waals surface area contributed by atoms with E-state index in [0.717, 1.165) is 48.7 Å². The zero-order valence-electron chi connectivity index (χ0n) is 10.4. The van der Waals surface area contributed by atoms with Crippen molar-refractivity contribution in [2.24, 2.45) is 12.8 Å². The Hall–Kier alpha value is -0.580. The van der Waals surface area contributed by atoms with E-state index in [-0.39, 0.29) is 12.1 Å². The smallest absolute Gasteiger partial charge is 0.0850 e. The molecule has 1 aromatic rings. The summed E-state index contributed by atoms with van der Waals surface area (Å²) in [5, 5.41) is 5.16. The van der Waals surface area contributed by atoms with E-state index in [4.69, 9.17) is 22.1 Å². The summed E-state index contributed by atoms with van der Waals surface area (Å²) >= 11 is 6.30. The van der Waals surface area contributed by atoms with Crippen molar-refractivity contribution in [3.8, 4) is 0 Å². The summed E-state index contributed by atoms with van der Waals surface area (Å²) in [7, 11) is 1.92. The average molecular weight is 258 g/mol. The molecular weight excluding hydrogens is 238 g/mol. The van der Waals surface area contributed by atoms with Crippen molar-refractivity contribution in [2.45, 2.75) is 44.8 Å². The SMILES string of the molecule is CCc1nn(C)c(CC(N)C2CCCO2)c1Cl. The van der Waals surface area contributed by atoms with Crippen LogP contribution in [0.25, 0.3) is 0 Å². The maximum Gasteiger partial charge on any atom is 0.0850 e. The number of rotatable bonds is 4. The van der Waals surface area contributed by atoms with Gasteiger partial charge in [-0.05, 0) is 19.3 Å². The van der Waals surface area contributed by atoms with E-state index in [1.54, 1.807) is 0 Å². The quantitative estimate of drug-likeness (QED) is 0.893. The van der Waals surface area contributed by atoms with Gasteiger partial charge in [0, 0.05) is 26.1 Å². The van der Waals surface area contributed by atoms with Gasteiger partial charge >= 0.3 is 0 Å². The minimum atomic E-state index is 0.00936. The lowest BCUT2D eigenvalue weighted by molar-refractivity contribution is 0.0895. The number of aryl methyl sites for hydroxylation is 2. The maximum atomic E-state index is 6.30. The van der Waals surface area contributed by atoms with Crippen LogP contribution in [0.1, 0.15) is 31.2 Å². The third-order valence-electron chi connectivity index (χ3n) is 3.37. The van der Waals surface area contributed by atoms with Crippen molar-refractivity contribution in [1.29, 1.82) is 0 Å². The van der Waals surface area contributed by atoms with Crippen LogP contribution in [0.15, 0.2) is 0 Å². The fraction of sp³-hybridized carbons (Fsp3) is 0.750. The standard InChI is InChI=1S/C12H20ClN3O/c1-3-9-12(13)10(16(2)15-9)7-8(14)11-5-4-6-17-11/h8,11H,3-7,14H2,1-2H3. The molecule has 1 fully saturated rings. The van der Waals surface area contributed by atoms with Crippen LogP contribution in [0, 0.1) is 0 Å². The molecule has 0 aliphatic carbocycles. The van der Waals surface area contributed by atoms with E-state index in [1.807, 2.05) is 11.7 Å². The Labute approximate surface area is 107 Å². The van der Waals surface area contributed by atoms with Crippen LogP contribution in [-0.2, 0) is 24.6 Å². The third kappa shape index (κ3) is 2.64. The van der Waals surface area contributed by atoms with Crippen molar-refractivity contribution < 1.29 is 4.74 Å². The molecule has 1 aliphatic rings. The molecule has 0 saturated carbocycles. The molecule has 0 radical (unpaired) electrons. The van der Waals surface area contributed by atoms with Crippen molar-refractivity contribution >= 4 is 11.6 Å². The highest BCUT2D eigenvalue weighted by molar-refractivity contribution is 6.31. The Bertz CT molecular complexity index is 385. The highest BCUT2D eigenvalue weighted by Gasteiger charge is 2.25. The molecule has 17 heavy (non-hydrogen) atoms. The molecule has 0 amide bonds. The first-order valence-corrected chi connectivity index (χ1v) is 6.58. The number of nitrogens with two attached hydrogens (primary N) is 1. The highest BCUT2D eigenvalue weighted by Crippen LogP contribution is 2.24. The summed E-state index contributed by atoms with van der Waals surface area (Å²) in [5.74, 6) is 0. The van der Waals surface area contributed by atoms with Gasteiger partial charge in [-0.1, -0.05) is 18.5 Å². The van der Waals surface area contributed by atoms with Crippen LogP contribution in [0.2, 0.25) is 5.02 Å². The van der Waals surface area contributed by atoms with Crippen molar-refractivity contribution in [2.75, 3.05) is 6.61 Å². The van der Waals surface area contributed by atoms with Gasteiger partial charge in [0.05, 0.1) is 22.5 Å². The van der Waals surface area contributed by atoms with Crippen LogP contribution >= 0.6 is 11.6 Å². The molecule has 2 N–H and O–H groups in total. The molecule has 2 unspecified atom stereocenters. The molecule has 96 valence electrons. The molecular formula is C12H20ClN3O. The molecule has 0 spiro atoms. The van der Waals surface area contributed by atoms with Gasteiger partial charge in [0.2, 0.25) is 0 Å². The third-order valence-corrected chi connectivity index (χ3v) is 3.81. The summed E-state index contributed by atoms with van der Waals surface area (Å²) in [5.41, 5.74) is 8.14. The first-order valence-electron chi connectivity index (χ1n) is 6.21. The number of aromatic nitrogens is 2. The second kappa shape index (κ2) is 5.38. The fourth-order valence-corrected chi connectivity index (χ4v) is 2.71. The predicted molar refractivity (Wildman–Crippen MR) is 68.2 cm³/mol. The number of ether oxygens (including phenoxy) is 1. The number of hydrogen-bond donors (Lipinski definition) is 1. The number of halogens is 1. The van der Waals surface area contributed by atoms with Crippen LogP contribution < -0.4 is 5.73 Å². The molecule has 0 aromatic carbocycles. The van der Waals surface area contributed by atoms with Crippen molar-refractivity contribution in [3.63, 3.8) is 0 Å². The predicted octanol–water partition coefficient (Wildman–Crippen LogP) is 1.68. The molecule has 2 atom stereocenters. The maximum absolute atomic E-state index is 6.30. The van der Waals surface area contributed by atoms with E-state index in [1.165, 1.54) is 0 Å². The Balaban J connectivity index is 2.09. The zero-order valence-corrected chi connectivity index (χ0v) is 11.2. The average Bonchev–Trinajstić information content (AvgIpc) is 2.92. The van der Waals surface area contributed by atoms with Gasteiger partial charge < -0.3 is 10.5 Å². The van der Waals surface area contributed by atoms with E-state index in [0.29, 0.717) is 0 Å². The lowest BCUT2D eigenvalue weighted by Gasteiger charge is -2.18. The molecule has 5 heteroatoms. The Kier molecular flexibility index (Phi) is 4.07. The second-order valence-corrected chi connectivity index (χ2v) is 4.98. The highest BCUT2D eigenvalue weighted by atomic mass is 35.5. The van der Waals surface area contributed by atoms with Gasteiger partial charge in [0.15, 0.2) is 0 Å². The summed E-state index contributed by atoms with van der Waals surface area (Å²) in [6.07, 6.45) is 3.91. The lowest BCUT2D eigenvalue weighted by atomic mass is 10.0. The zero-order chi connectivity index (χ0) is 12.4. The fourth-order valence-electron chi connectivity index (χ4n) is 2.34. The first-order chi connectivity index (χ1) is 8.13. The van der Waals surface area contributed by atoms with Crippen molar-refractivity contribution in [3.05, 3.63) is 16.4 Å². The first kappa shape index (κ1) is 12.9. The molecule has 0 bridgehead atoms. The Morgan fingerprint density at radius 1 is 1.65 bits per heavy atom. The summed E-state index contributed by atoms with van der Waals surface area (Å²) in [6.45, 7) is 2.88. The van der Waals surface area contributed by atoms with E-state index < -0.39 is 0 Å². The van der Waals surface area contributed by atoms with Crippen LogP contribution in [0.3, 0.4) is 0 Å². The molecule has 2 rings (SSSR count). The van der Waals surface area contributed by atoms with Crippen molar-refractivity contribution in [1.82, 2.24) is 9.78 Å². The normalized spacial score (nSPS) is 22.0. The van der Waals surface area contributed by atoms with Gasteiger partial charge in [0.1, 0.15) is 0 Å². The van der Waals surface area contributed by atoms with Gasteiger partial charge in [-0.25, -0.2) is 0 Å². The minimum absolute atomic E-state index is 0.00936. The molecule has 1 saturated heterocycles. The lowest BCUT2D eigenvalue weighted by Crippen LogP contribution is -2.36. The summed E-state index contributed by atoms with van der Waals surface area (Å²) in [6, 6.07) is 0.00936. The molecule has 4 nitrogen and oxygen atoms in total. The Morgan fingerprint density at radius 3 is 2.94 bits per heavy atom. The van der Waals surface area contributed by atoms with Crippen LogP contribution in [0.4, 0.5) is 0 Å². The monoisotopic (exact) mass is 257 g/mol. The number of hydrogen-bond acceptors (Lipinski definition) is 3. The summed E-state index contributed by atoms with van der Waals surface area (Å²) in [4.78, 5) is 0. The van der Waals surface area contributed by atoms with Crippen LogP contribution in [0.5, 0.6) is 0 Å². The minimum Gasteiger partial charge on any atom is -0.377 e. The molecule has 1 aromatic heterocycles. The van der Waals surface area contributed by atoms with E-state index in [9.17, 15) is 0 Å². The van der Waals surface area contributed by atoms with Crippen LogP contribution in [-0.4, -0.2) is 28.5 Å².